The van der Waals surface area contributed by atoms with Gasteiger partial charge < -0.3 is 10.1 Å². The molecule has 1 N–H and O–H groups in total. The summed E-state index contributed by atoms with van der Waals surface area (Å²) in [7, 11) is 1.77. The van der Waals surface area contributed by atoms with E-state index in [0.29, 0.717) is 17.1 Å². The van der Waals surface area contributed by atoms with Crippen molar-refractivity contribution in [3.05, 3.63) is 30.3 Å². The molecule has 0 spiro atoms. The van der Waals surface area contributed by atoms with Crippen LogP contribution in [0.3, 0.4) is 0 Å². The Morgan fingerprint density at radius 1 is 1.11 bits per heavy atom. The predicted molar refractivity (Wildman–Crippen MR) is 75.7 cm³/mol. The third kappa shape index (κ3) is 4.10. The van der Waals surface area contributed by atoms with Gasteiger partial charge in [-0.05, 0) is 37.7 Å². The fraction of sp³-hybridized carbons (Fsp3) is 0.308. The van der Waals surface area contributed by atoms with Gasteiger partial charge in [-0.15, -0.1) is 0 Å². The first-order chi connectivity index (χ1) is 9.17. The van der Waals surface area contributed by atoms with E-state index in [0.717, 1.165) is 4.90 Å². The molecule has 1 aromatic heterocycles. The summed E-state index contributed by atoms with van der Waals surface area (Å²) in [5.41, 5.74) is 0. The van der Waals surface area contributed by atoms with Crippen molar-refractivity contribution in [2.75, 3.05) is 12.4 Å². The molecule has 0 saturated heterocycles. The fourth-order valence-corrected chi connectivity index (χ4v) is 2.11. The lowest BCUT2D eigenvalue weighted by Crippen LogP contribution is -2.10. The summed E-state index contributed by atoms with van der Waals surface area (Å²) in [6, 6.07) is 10.3. The first-order valence-electron chi connectivity index (χ1n) is 6.01. The van der Waals surface area contributed by atoms with Gasteiger partial charge in [0.1, 0.15) is 0 Å². The first-order valence-corrected chi connectivity index (χ1v) is 6.82. The van der Waals surface area contributed by atoms with E-state index >= 15 is 0 Å². The molecule has 1 aromatic carbocycles. The summed E-state index contributed by atoms with van der Waals surface area (Å²) < 4.78 is 5.52. The van der Waals surface area contributed by atoms with Crippen molar-refractivity contribution < 1.29 is 4.74 Å². The van der Waals surface area contributed by atoms with Crippen LogP contribution in [0.15, 0.2) is 40.4 Å². The molecule has 0 aliphatic rings. The monoisotopic (exact) mass is 276 g/mol. The first kappa shape index (κ1) is 13.6. The minimum Gasteiger partial charge on any atom is -0.461 e. The van der Waals surface area contributed by atoms with Gasteiger partial charge in [0.05, 0.1) is 6.10 Å². The Kier molecular flexibility index (Phi) is 4.57. The van der Waals surface area contributed by atoms with Crippen molar-refractivity contribution in [3.63, 3.8) is 0 Å². The second kappa shape index (κ2) is 6.38. The van der Waals surface area contributed by atoms with E-state index in [2.05, 4.69) is 20.3 Å². The Bertz CT molecular complexity index is 533. The smallest absolute Gasteiger partial charge is 0.322 e. The number of hydrogen-bond acceptors (Lipinski definition) is 6. The third-order valence-electron chi connectivity index (χ3n) is 2.11. The molecule has 0 radical (unpaired) electrons. The van der Waals surface area contributed by atoms with Gasteiger partial charge in [-0.2, -0.15) is 15.0 Å². The number of ether oxygens (including phenoxy) is 1. The van der Waals surface area contributed by atoms with E-state index in [1.54, 1.807) is 7.05 Å². The van der Waals surface area contributed by atoms with Gasteiger partial charge in [0.2, 0.25) is 11.1 Å². The highest BCUT2D eigenvalue weighted by atomic mass is 32.2. The average Bonchev–Trinajstić information content (AvgIpc) is 2.38. The van der Waals surface area contributed by atoms with Gasteiger partial charge in [0, 0.05) is 11.9 Å². The Hall–Kier alpha value is -1.82. The summed E-state index contributed by atoms with van der Waals surface area (Å²) in [5, 5.41) is 3.52. The van der Waals surface area contributed by atoms with Crippen LogP contribution in [0.5, 0.6) is 6.01 Å². The van der Waals surface area contributed by atoms with Gasteiger partial charge >= 0.3 is 6.01 Å². The number of benzene rings is 1. The topological polar surface area (TPSA) is 59.9 Å². The number of anilines is 1. The van der Waals surface area contributed by atoms with Crippen molar-refractivity contribution in [1.82, 2.24) is 15.0 Å². The molecule has 0 bridgehead atoms. The minimum atomic E-state index is 0.0293. The van der Waals surface area contributed by atoms with Crippen molar-refractivity contribution in [2.45, 2.75) is 30.0 Å². The normalized spacial score (nSPS) is 10.5. The summed E-state index contributed by atoms with van der Waals surface area (Å²) in [5.74, 6) is 0.504. The number of hydrogen-bond donors (Lipinski definition) is 1. The lowest BCUT2D eigenvalue weighted by Gasteiger charge is -2.09. The van der Waals surface area contributed by atoms with Gasteiger partial charge in [0.25, 0.3) is 0 Å². The van der Waals surface area contributed by atoms with Crippen molar-refractivity contribution >= 4 is 17.7 Å². The quantitative estimate of drug-likeness (QED) is 0.906. The van der Waals surface area contributed by atoms with E-state index in [9.17, 15) is 0 Å². The zero-order valence-electron chi connectivity index (χ0n) is 11.1. The molecule has 0 atom stereocenters. The standard InChI is InChI=1S/C13H16N4OS/c1-9(2)18-12-15-11(14-3)16-13(17-12)19-10-7-5-4-6-8-10/h4-9H,1-3H3,(H,14,15,16,17). The SMILES string of the molecule is CNc1nc(OC(C)C)nc(Sc2ccccc2)n1. The Labute approximate surface area is 116 Å². The Morgan fingerprint density at radius 2 is 1.84 bits per heavy atom. The van der Waals surface area contributed by atoms with E-state index in [-0.39, 0.29) is 6.10 Å². The lowest BCUT2D eigenvalue weighted by molar-refractivity contribution is 0.219. The van der Waals surface area contributed by atoms with E-state index in [4.69, 9.17) is 4.74 Å². The summed E-state index contributed by atoms with van der Waals surface area (Å²) in [6.45, 7) is 3.87. The molecule has 0 aliphatic heterocycles. The van der Waals surface area contributed by atoms with Gasteiger partial charge in [-0.25, -0.2) is 0 Å². The molecular formula is C13H16N4OS. The highest BCUT2D eigenvalue weighted by Crippen LogP contribution is 2.26. The van der Waals surface area contributed by atoms with E-state index in [1.165, 1.54) is 11.8 Å². The zero-order valence-corrected chi connectivity index (χ0v) is 11.9. The zero-order chi connectivity index (χ0) is 13.7. The van der Waals surface area contributed by atoms with E-state index in [1.807, 2.05) is 44.2 Å². The van der Waals surface area contributed by atoms with Crippen LogP contribution >= 0.6 is 11.8 Å². The number of nitrogens with one attached hydrogen (secondary N) is 1. The maximum Gasteiger partial charge on any atom is 0.322 e. The average molecular weight is 276 g/mol. The largest absolute Gasteiger partial charge is 0.461 e. The molecular weight excluding hydrogens is 260 g/mol. The van der Waals surface area contributed by atoms with Crippen LogP contribution in [0, 0.1) is 0 Å². The Morgan fingerprint density at radius 3 is 2.47 bits per heavy atom. The maximum absolute atomic E-state index is 5.52. The second-order valence-corrected chi connectivity index (χ2v) is 5.10. The fourth-order valence-electron chi connectivity index (χ4n) is 1.35. The van der Waals surface area contributed by atoms with Crippen molar-refractivity contribution in [2.24, 2.45) is 0 Å². The van der Waals surface area contributed by atoms with Crippen molar-refractivity contribution in [3.8, 4) is 6.01 Å². The molecule has 2 rings (SSSR count). The van der Waals surface area contributed by atoms with Crippen LogP contribution in [-0.2, 0) is 0 Å². The van der Waals surface area contributed by atoms with Gasteiger partial charge in [0.15, 0.2) is 0 Å². The summed E-state index contributed by atoms with van der Waals surface area (Å²) >= 11 is 1.48. The van der Waals surface area contributed by atoms with Crippen LogP contribution in [0.1, 0.15) is 13.8 Å². The predicted octanol–water partition coefficient (Wildman–Crippen LogP) is 2.85. The van der Waals surface area contributed by atoms with Crippen LogP contribution < -0.4 is 10.1 Å². The van der Waals surface area contributed by atoms with Crippen LogP contribution in [-0.4, -0.2) is 28.1 Å². The van der Waals surface area contributed by atoms with Gasteiger partial charge in [-0.3, -0.25) is 0 Å². The highest BCUT2D eigenvalue weighted by molar-refractivity contribution is 7.99. The minimum absolute atomic E-state index is 0.0293. The van der Waals surface area contributed by atoms with Gasteiger partial charge in [-0.1, -0.05) is 18.2 Å². The maximum atomic E-state index is 5.52. The number of aromatic nitrogens is 3. The molecule has 6 heteroatoms. The molecule has 0 amide bonds. The molecule has 0 aliphatic carbocycles. The molecule has 5 nitrogen and oxygen atoms in total. The summed E-state index contributed by atoms with van der Waals surface area (Å²) in [4.78, 5) is 13.8. The molecule has 1 heterocycles. The third-order valence-corrected chi connectivity index (χ3v) is 2.98. The molecule has 0 unspecified atom stereocenters. The molecule has 100 valence electrons. The van der Waals surface area contributed by atoms with Crippen LogP contribution in [0.25, 0.3) is 0 Å². The van der Waals surface area contributed by atoms with Crippen molar-refractivity contribution in [1.29, 1.82) is 0 Å². The summed E-state index contributed by atoms with van der Waals surface area (Å²) in [6.07, 6.45) is 0.0293. The number of nitrogens with zero attached hydrogens (tertiary/aromatic N) is 3. The molecule has 0 fully saturated rings. The molecule has 0 saturated carbocycles. The van der Waals surface area contributed by atoms with E-state index < -0.39 is 0 Å². The number of rotatable bonds is 5. The highest BCUT2D eigenvalue weighted by Gasteiger charge is 2.09. The molecule has 19 heavy (non-hydrogen) atoms. The lowest BCUT2D eigenvalue weighted by atomic mass is 10.4. The molecule has 2 aromatic rings. The van der Waals surface area contributed by atoms with Crippen LogP contribution in [0.4, 0.5) is 5.95 Å². The Balaban J connectivity index is 2.24. The second-order valence-electron chi connectivity index (χ2n) is 4.06. The van der Waals surface area contributed by atoms with Crippen LogP contribution in [0.2, 0.25) is 0 Å².